The summed E-state index contributed by atoms with van der Waals surface area (Å²) in [5.74, 6) is 0. The van der Waals surface area contributed by atoms with Gasteiger partial charge >= 0.3 is 0 Å². The lowest BCUT2D eigenvalue weighted by atomic mass is 10.0. The summed E-state index contributed by atoms with van der Waals surface area (Å²) in [5.41, 5.74) is 9.95. The third kappa shape index (κ3) is 3.98. The Morgan fingerprint density at radius 3 is 1.83 bits per heavy atom. The number of nitrogens with zero attached hydrogens (tertiary/aromatic N) is 3. The third-order valence-electron chi connectivity index (χ3n) is 10.7. The zero-order valence-corrected chi connectivity index (χ0v) is 29.0. The minimum Gasteiger partial charge on any atom is -0.307 e. The van der Waals surface area contributed by atoms with E-state index in [4.69, 9.17) is 9.97 Å². The summed E-state index contributed by atoms with van der Waals surface area (Å²) in [5, 5.41) is 4.78. The van der Waals surface area contributed by atoms with Crippen molar-refractivity contribution in [3.63, 3.8) is 0 Å². The van der Waals surface area contributed by atoms with Crippen molar-refractivity contribution in [1.29, 1.82) is 0 Å². The maximum atomic E-state index is 5.46. The van der Waals surface area contributed by atoms with Gasteiger partial charge in [0.05, 0.1) is 11.0 Å². The Kier molecular flexibility index (Phi) is 6.34. The Morgan fingerprint density at radius 1 is 0.423 bits per heavy atom. The average Bonchev–Trinajstić information content (AvgIpc) is 3.74. The van der Waals surface area contributed by atoms with Gasteiger partial charge < -0.3 is 4.57 Å². The van der Waals surface area contributed by atoms with E-state index in [0.717, 1.165) is 38.7 Å². The number of rotatable bonds is 4. The van der Waals surface area contributed by atoms with Crippen LogP contribution >= 0.6 is 10.0 Å². The van der Waals surface area contributed by atoms with Gasteiger partial charge in [-0.15, -0.1) is 10.0 Å². The van der Waals surface area contributed by atoms with Gasteiger partial charge in [0, 0.05) is 54.0 Å². The standard InChI is InChI=1S/C48H31N3S/c1-4-15-32(16-5-1)34-18-14-19-35(29-34)51-43-26-13-12-25-39(43)41-30-50-45-44(46(41)51)49-31-42-40-28-27-33-17-10-11-24-38(33)47(40)52(48(42)45,36-20-6-2-7-21-36)37-22-8-3-9-23-37/h1-31H. The van der Waals surface area contributed by atoms with E-state index in [0.29, 0.717) is 0 Å². The monoisotopic (exact) mass is 681 g/mol. The van der Waals surface area contributed by atoms with Gasteiger partial charge in [-0.05, 0) is 69.9 Å². The van der Waals surface area contributed by atoms with Crippen LogP contribution in [0, 0.1) is 0 Å². The zero-order valence-electron chi connectivity index (χ0n) is 28.1. The smallest absolute Gasteiger partial charge is 0.114 e. The molecule has 0 N–H and O–H groups in total. The molecule has 52 heavy (non-hydrogen) atoms. The highest BCUT2D eigenvalue weighted by atomic mass is 32.3. The normalized spacial score (nSPS) is 13.8. The Labute approximate surface area is 302 Å². The molecule has 3 nitrogen and oxygen atoms in total. The molecule has 4 heteroatoms. The van der Waals surface area contributed by atoms with Gasteiger partial charge in [-0.2, -0.15) is 0 Å². The molecule has 1 aliphatic rings. The Morgan fingerprint density at radius 2 is 1.06 bits per heavy atom. The molecule has 10 aromatic rings. The van der Waals surface area contributed by atoms with Crippen LogP contribution in [0.3, 0.4) is 0 Å². The van der Waals surface area contributed by atoms with Gasteiger partial charge in [0.2, 0.25) is 0 Å². The van der Waals surface area contributed by atoms with Crippen LogP contribution < -0.4 is 0 Å². The fraction of sp³-hybridized carbons (Fsp3) is 0. The Bertz CT molecular complexity index is 2970. The van der Waals surface area contributed by atoms with Crippen LogP contribution in [-0.2, 0) is 0 Å². The van der Waals surface area contributed by atoms with E-state index < -0.39 is 10.0 Å². The molecule has 0 radical (unpaired) electrons. The highest BCUT2D eigenvalue weighted by Crippen LogP contribution is 2.81. The van der Waals surface area contributed by atoms with Crippen molar-refractivity contribution < 1.29 is 0 Å². The van der Waals surface area contributed by atoms with Crippen LogP contribution in [0.5, 0.6) is 0 Å². The largest absolute Gasteiger partial charge is 0.307 e. The van der Waals surface area contributed by atoms with Crippen molar-refractivity contribution in [1.82, 2.24) is 14.5 Å². The quantitative estimate of drug-likeness (QED) is 0.185. The van der Waals surface area contributed by atoms with Gasteiger partial charge in [0.1, 0.15) is 11.0 Å². The zero-order chi connectivity index (χ0) is 34.2. The number of fused-ring (bicyclic) bond motifs is 11. The number of hydrogen-bond acceptors (Lipinski definition) is 2. The first-order valence-electron chi connectivity index (χ1n) is 17.6. The van der Waals surface area contributed by atoms with Crippen LogP contribution in [0.15, 0.2) is 208 Å². The first-order valence-corrected chi connectivity index (χ1v) is 19.3. The molecule has 4 heterocycles. The minimum absolute atomic E-state index is 0.915. The van der Waals surface area contributed by atoms with Crippen LogP contribution in [0.2, 0.25) is 0 Å². The highest BCUT2D eigenvalue weighted by Gasteiger charge is 2.45. The minimum atomic E-state index is -2.02. The molecule has 0 amide bonds. The van der Waals surface area contributed by atoms with Gasteiger partial charge in [-0.3, -0.25) is 9.97 Å². The van der Waals surface area contributed by atoms with Gasteiger partial charge in [-0.25, -0.2) is 0 Å². The lowest BCUT2D eigenvalue weighted by molar-refractivity contribution is 1.17. The van der Waals surface area contributed by atoms with E-state index in [-0.39, 0.29) is 0 Å². The molecule has 244 valence electrons. The second kappa shape index (κ2) is 11.3. The number of aromatic nitrogens is 3. The van der Waals surface area contributed by atoms with Gasteiger partial charge in [0.25, 0.3) is 0 Å². The van der Waals surface area contributed by atoms with Crippen molar-refractivity contribution in [2.45, 2.75) is 19.6 Å². The van der Waals surface area contributed by atoms with Crippen LogP contribution in [0.25, 0.3) is 71.6 Å². The van der Waals surface area contributed by atoms with Crippen LogP contribution in [-0.4, -0.2) is 14.5 Å². The first kappa shape index (κ1) is 29.3. The fourth-order valence-electron chi connectivity index (χ4n) is 8.50. The Hall–Kier alpha value is -6.49. The molecular formula is C48H31N3S. The molecule has 7 aromatic carbocycles. The van der Waals surface area contributed by atoms with Crippen molar-refractivity contribution in [2.24, 2.45) is 0 Å². The van der Waals surface area contributed by atoms with E-state index >= 15 is 0 Å². The number of para-hydroxylation sites is 1. The molecule has 3 aromatic heterocycles. The molecule has 0 spiro atoms. The summed E-state index contributed by atoms with van der Waals surface area (Å²) in [7, 11) is -2.02. The summed E-state index contributed by atoms with van der Waals surface area (Å²) in [6, 6.07) is 63.8. The molecule has 11 rings (SSSR count). The lowest BCUT2D eigenvalue weighted by Crippen LogP contribution is -2.04. The van der Waals surface area contributed by atoms with Crippen molar-refractivity contribution in [3.05, 3.63) is 188 Å². The molecule has 0 bridgehead atoms. The molecular weight excluding hydrogens is 651 g/mol. The number of benzene rings is 7. The summed E-state index contributed by atoms with van der Waals surface area (Å²) in [6.07, 6.45) is 4.23. The van der Waals surface area contributed by atoms with Gasteiger partial charge in [-0.1, -0.05) is 133 Å². The van der Waals surface area contributed by atoms with E-state index in [1.165, 1.54) is 52.4 Å². The maximum absolute atomic E-state index is 5.46. The molecule has 0 aliphatic carbocycles. The van der Waals surface area contributed by atoms with E-state index in [2.05, 4.69) is 193 Å². The van der Waals surface area contributed by atoms with Gasteiger partial charge in [0.15, 0.2) is 0 Å². The van der Waals surface area contributed by atoms with E-state index in [1.54, 1.807) is 0 Å². The molecule has 0 unspecified atom stereocenters. The summed E-state index contributed by atoms with van der Waals surface area (Å²) >= 11 is 0. The van der Waals surface area contributed by atoms with Crippen molar-refractivity contribution >= 4 is 53.6 Å². The molecule has 0 fully saturated rings. The van der Waals surface area contributed by atoms with Crippen molar-refractivity contribution in [2.75, 3.05) is 0 Å². The van der Waals surface area contributed by atoms with Crippen LogP contribution in [0.1, 0.15) is 0 Å². The topological polar surface area (TPSA) is 30.7 Å². The van der Waals surface area contributed by atoms with E-state index in [9.17, 15) is 0 Å². The number of pyridine rings is 2. The second-order valence-electron chi connectivity index (χ2n) is 13.4. The molecule has 0 saturated carbocycles. The maximum Gasteiger partial charge on any atom is 0.114 e. The lowest BCUT2D eigenvalue weighted by Gasteiger charge is -2.40. The SMILES string of the molecule is c1ccc(-c2cccc(-n3c4ccccc4c4cnc5c6c(cnc5c43)-c3ccc4ccccc4c3S6(c3ccccc3)c3ccccc3)c2)cc1. The van der Waals surface area contributed by atoms with Crippen molar-refractivity contribution in [3.8, 4) is 27.9 Å². The second-order valence-corrected chi connectivity index (χ2v) is 16.4. The highest BCUT2D eigenvalue weighted by molar-refractivity contribution is 8.34. The summed E-state index contributed by atoms with van der Waals surface area (Å²) in [4.78, 5) is 16.1. The molecule has 0 saturated heterocycles. The summed E-state index contributed by atoms with van der Waals surface area (Å²) in [6.45, 7) is 0. The number of hydrogen-bond donors (Lipinski definition) is 0. The predicted octanol–water partition coefficient (Wildman–Crippen LogP) is 12.9. The average molecular weight is 682 g/mol. The van der Waals surface area contributed by atoms with Crippen LogP contribution in [0.4, 0.5) is 0 Å². The third-order valence-corrected chi connectivity index (χ3v) is 14.7. The molecule has 1 aliphatic heterocycles. The summed E-state index contributed by atoms with van der Waals surface area (Å²) < 4.78 is 2.40. The molecule has 0 atom stereocenters. The Balaban J connectivity index is 1.31. The fourth-order valence-corrected chi connectivity index (χ4v) is 13.0. The van der Waals surface area contributed by atoms with E-state index in [1.807, 2.05) is 0 Å². The first-order chi connectivity index (χ1) is 25.8. The predicted molar refractivity (Wildman–Crippen MR) is 216 cm³/mol.